The predicted octanol–water partition coefficient (Wildman–Crippen LogP) is 1.86. The molecule has 3 fully saturated rings. The molecule has 5 nitrogen and oxygen atoms in total. The Balaban J connectivity index is 1.50. The predicted molar refractivity (Wildman–Crippen MR) is 70.7 cm³/mol. The lowest BCUT2D eigenvalue weighted by Gasteiger charge is -2.65. The first-order valence-electron chi connectivity index (χ1n) is 6.71. The summed E-state index contributed by atoms with van der Waals surface area (Å²) in [5.74, 6) is 0.159. The molecule has 0 spiro atoms. The maximum atomic E-state index is 11.8. The van der Waals surface area contributed by atoms with Crippen LogP contribution in [0.1, 0.15) is 18.4 Å². The monoisotopic (exact) mass is 275 g/mol. The number of hydrogen-bond donors (Lipinski definition) is 1. The quantitative estimate of drug-likeness (QED) is 0.852. The number of benzene rings is 1. The van der Waals surface area contributed by atoms with Gasteiger partial charge in [-0.2, -0.15) is 0 Å². The van der Waals surface area contributed by atoms with E-state index in [1.165, 1.54) is 7.11 Å². The van der Waals surface area contributed by atoms with Crippen LogP contribution in [0.5, 0.6) is 0 Å². The summed E-state index contributed by atoms with van der Waals surface area (Å²) < 4.78 is 9.96. The summed E-state index contributed by atoms with van der Waals surface area (Å²) in [5, 5.41) is 2.78. The summed E-state index contributed by atoms with van der Waals surface area (Å²) in [7, 11) is 1.38. The van der Waals surface area contributed by atoms with Gasteiger partial charge in [0.15, 0.2) is 0 Å². The van der Waals surface area contributed by atoms with Crippen LogP contribution in [0, 0.1) is 11.3 Å². The fourth-order valence-electron chi connectivity index (χ4n) is 3.14. The summed E-state index contributed by atoms with van der Waals surface area (Å²) in [5.41, 5.74) is 0.439. The SMILES string of the molecule is COC(=O)C12CC(C1)C2NC(=O)OCc1ccccc1. The van der Waals surface area contributed by atoms with Gasteiger partial charge in [0.1, 0.15) is 6.61 Å². The summed E-state index contributed by atoms with van der Waals surface area (Å²) in [6.45, 7) is 0.231. The van der Waals surface area contributed by atoms with Crippen molar-refractivity contribution >= 4 is 12.1 Å². The summed E-state index contributed by atoms with van der Waals surface area (Å²) in [4.78, 5) is 23.5. The highest BCUT2D eigenvalue weighted by Gasteiger charge is 2.71. The highest BCUT2D eigenvalue weighted by Crippen LogP contribution is 2.64. The summed E-state index contributed by atoms with van der Waals surface area (Å²) in [6, 6.07) is 9.35. The summed E-state index contributed by atoms with van der Waals surface area (Å²) >= 11 is 0. The van der Waals surface area contributed by atoms with Crippen LogP contribution in [0.4, 0.5) is 4.79 Å². The molecule has 2 bridgehead atoms. The zero-order chi connectivity index (χ0) is 14.2. The maximum Gasteiger partial charge on any atom is 0.407 e. The number of carbonyl (C=O) groups excluding carboxylic acids is 2. The molecule has 5 heteroatoms. The lowest BCUT2D eigenvalue weighted by molar-refractivity contribution is -0.200. The van der Waals surface area contributed by atoms with Crippen molar-refractivity contribution in [2.75, 3.05) is 7.11 Å². The molecular weight excluding hydrogens is 258 g/mol. The molecule has 0 aromatic heterocycles. The molecule has 1 amide bonds. The van der Waals surface area contributed by atoms with Gasteiger partial charge in [-0.15, -0.1) is 0 Å². The topological polar surface area (TPSA) is 64.6 Å². The van der Waals surface area contributed by atoms with Gasteiger partial charge in [-0.3, -0.25) is 4.79 Å². The Morgan fingerprint density at radius 2 is 2.00 bits per heavy atom. The van der Waals surface area contributed by atoms with E-state index in [1.807, 2.05) is 30.3 Å². The second-order valence-electron chi connectivity index (χ2n) is 5.50. The average molecular weight is 275 g/mol. The number of rotatable bonds is 4. The number of carbonyl (C=O) groups is 2. The smallest absolute Gasteiger partial charge is 0.407 e. The largest absolute Gasteiger partial charge is 0.469 e. The first-order chi connectivity index (χ1) is 9.65. The van der Waals surface area contributed by atoms with E-state index in [-0.39, 0.29) is 18.6 Å². The molecule has 0 aliphatic heterocycles. The Morgan fingerprint density at radius 1 is 1.30 bits per heavy atom. The second-order valence-corrected chi connectivity index (χ2v) is 5.50. The minimum absolute atomic E-state index is 0.127. The van der Waals surface area contributed by atoms with Crippen molar-refractivity contribution in [3.63, 3.8) is 0 Å². The highest BCUT2D eigenvalue weighted by molar-refractivity contribution is 5.83. The fraction of sp³-hybridized carbons (Fsp3) is 0.467. The lowest BCUT2D eigenvalue weighted by atomic mass is 9.40. The van der Waals surface area contributed by atoms with Crippen molar-refractivity contribution < 1.29 is 19.1 Å². The molecule has 1 aromatic carbocycles. The van der Waals surface area contributed by atoms with E-state index in [0.29, 0.717) is 5.92 Å². The van der Waals surface area contributed by atoms with Crippen LogP contribution >= 0.6 is 0 Å². The third kappa shape index (κ3) is 1.94. The van der Waals surface area contributed by atoms with Gasteiger partial charge in [0.05, 0.1) is 18.6 Å². The van der Waals surface area contributed by atoms with Crippen LogP contribution in [-0.2, 0) is 20.9 Å². The van der Waals surface area contributed by atoms with E-state index in [1.54, 1.807) is 0 Å². The molecule has 20 heavy (non-hydrogen) atoms. The summed E-state index contributed by atoms with van der Waals surface area (Å²) in [6.07, 6.45) is 1.14. The number of nitrogens with one attached hydrogen (secondary N) is 1. The Morgan fingerprint density at radius 3 is 2.55 bits per heavy atom. The molecule has 1 unspecified atom stereocenters. The Bertz CT molecular complexity index is 522. The molecule has 0 heterocycles. The molecule has 106 valence electrons. The van der Waals surface area contributed by atoms with Gasteiger partial charge in [0, 0.05) is 0 Å². The van der Waals surface area contributed by atoms with Crippen LogP contribution in [-0.4, -0.2) is 25.2 Å². The third-order valence-electron chi connectivity index (χ3n) is 4.40. The number of methoxy groups -OCH3 is 1. The minimum atomic E-state index is -0.495. The van der Waals surface area contributed by atoms with Crippen molar-refractivity contribution in [3.05, 3.63) is 35.9 Å². The molecule has 1 aromatic rings. The molecule has 1 N–H and O–H groups in total. The Labute approximate surface area is 117 Å². The number of alkyl carbamates (subject to hydrolysis) is 1. The maximum absolute atomic E-state index is 11.8. The van der Waals surface area contributed by atoms with Gasteiger partial charge >= 0.3 is 12.1 Å². The number of hydrogen-bond acceptors (Lipinski definition) is 4. The average Bonchev–Trinajstić information content (AvgIpc) is 2.42. The molecule has 1 atom stereocenters. The van der Waals surface area contributed by atoms with E-state index in [2.05, 4.69) is 5.32 Å². The van der Waals surface area contributed by atoms with E-state index in [0.717, 1.165) is 18.4 Å². The molecule has 0 radical (unpaired) electrons. The van der Waals surface area contributed by atoms with Gasteiger partial charge in [-0.1, -0.05) is 30.3 Å². The Kier molecular flexibility index (Phi) is 3.12. The van der Waals surface area contributed by atoms with Gasteiger partial charge < -0.3 is 14.8 Å². The van der Waals surface area contributed by atoms with E-state index in [4.69, 9.17) is 9.47 Å². The van der Waals surface area contributed by atoms with E-state index in [9.17, 15) is 9.59 Å². The van der Waals surface area contributed by atoms with Gasteiger partial charge in [0.25, 0.3) is 0 Å². The first-order valence-corrected chi connectivity index (χ1v) is 6.71. The highest BCUT2D eigenvalue weighted by atomic mass is 16.5. The number of esters is 1. The molecule has 4 rings (SSSR count). The van der Waals surface area contributed by atoms with Crippen LogP contribution in [0.15, 0.2) is 30.3 Å². The van der Waals surface area contributed by atoms with Crippen LogP contribution in [0.3, 0.4) is 0 Å². The normalized spacial score (nSPS) is 29.6. The zero-order valence-corrected chi connectivity index (χ0v) is 11.3. The van der Waals surface area contributed by atoms with E-state index < -0.39 is 11.5 Å². The minimum Gasteiger partial charge on any atom is -0.469 e. The van der Waals surface area contributed by atoms with Crippen LogP contribution in [0.2, 0.25) is 0 Å². The number of amides is 1. The van der Waals surface area contributed by atoms with Gasteiger partial charge in [0.2, 0.25) is 0 Å². The third-order valence-corrected chi connectivity index (χ3v) is 4.40. The van der Waals surface area contributed by atoms with Crippen molar-refractivity contribution in [1.29, 1.82) is 0 Å². The first kappa shape index (κ1) is 13.0. The standard InChI is InChI=1S/C15H17NO4/c1-19-13(17)15-7-11(8-15)12(15)16-14(18)20-9-10-5-3-2-4-6-10/h2-6,11-12H,7-9H2,1H3,(H,16,18). The van der Waals surface area contributed by atoms with Crippen molar-refractivity contribution in [3.8, 4) is 0 Å². The van der Waals surface area contributed by atoms with Crippen LogP contribution < -0.4 is 5.32 Å². The molecule has 3 saturated carbocycles. The fourth-order valence-corrected chi connectivity index (χ4v) is 3.14. The van der Waals surface area contributed by atoms with Gasteiger partial charge in [-0.05, 0) is 24.3 Å². The lowest BCUT2D eigenvalue weighted by Crippen LogP contribution is -2.75. The zero-order valence-electron chi connectivity index (χ0n) is 11.3. The van der Waals surface area contributed by atoms with Crippen molar-refractivity contribution in [2.45, 2.75) is 25.5 Å². The molecule has 3 aliphatic rings. The molecular formula is C15H17NO4. The van der Waals surface area contributed by atoms with E-state index >= 15 is 0 Å². The number of ether oxygens (including phenoxy) is 2. The van der Waals surface area contributed by atoms with Crippen LogP contribution in [0.25, 0.3) is 0 Å². The second kappa shape index (κ2) is 4.81. The van der Waals surface area contributed by atoms with Crippen molar-refractivity contribution in [1.82, 2.24) is 5.32 Å². The van der Waals surface area contributed by atoms with Gasteiger partial charge in [-0.25, -0.2) is 4.79 Å². The van der Waals surface area contributed by atoms with Crippen molar-refractivity contribution in [2.24, 2.45) is 11.3 Å². The Hall–Kier alpha value is -2.04. The molecule has 0 saturated heterocycles. The molecule has 3 aliphatic carbocycles.